The van der Waals surface area contributed by atoms with Gasteiger partial charge in [0.15, 0.2) is 5.79 Å². The number of cyclic esters (lactones) is 1. The molecule has 2 aliphatic heterocycles. The Morgan fingerprint density at radius 3 is 2.67 bits per heavy atom. The van der Waals surface area contributed by atoms with E-state index in [1.165, 1.54) is 0 Å². The van der Waals surface area contributed by atoms with Crippen LogP contribution in [-0.4, -0.2) is 30.6 Å². The van der Waals surface area contributed by atoms with Crippen LogP contribution in [0.5, 0.6) is 0 Å². The summed E-state index contributed by atoms with van der Waals surface area (Å²) in [6.45, 7) is 5.97. The van der Waals surface area contributed by atoms with Crippen LogP contribution in [0.4, 0.5) is 0 Å². The van der Waals surface area contributed by atoms with Gasteiger partial charge < -0.3 is 14.2 Å². The molecule has 0 bridgehead atoms. The lowest BCUT2D eigenvalue weighted by molar-refractivity contribution is -0.169. The fraction of sp³-hybridized carbons (Fsp3) is 0.727. The number of hydrogen-bond donors (Lipinski definition) is 0. The van der Waals surface area contributed by atoms with Crippen molar-refractivity contribution >= 4 is 5.97 Å². The van der Waals surface area contributed by atoms with Gasteiger partial charge in [0.1, 0.15) is 12.2 Å². The molecule has 0 amide bonds. The Morgan fingerprint density at radius 2 is 2.13 bits per heavy atom. The van der Waals surface area contributed by atoms with E-state index in [-0.39, 0.29) is 24.1 Å². The van der Waals surface area contributed by atoms with E-state index >= 15 is 0 Å². The lowest BCUT2D eigenvalue weighted by Gasteiger charge is -2.25. The Labute approximate surface area is 89.2 Å². The van der Waals surface area contributed by atoms with Gasteiger partial charge in [-0.25, -0.2) is 0 Å². The lowest BCUT2D eigenvalue weighted by Crippen LogP contribution is -2.36. The van der Waals surface area contributed by atoms with Gasteiger partial charge in [0.2, 0.25) is 0 Å². The van der Waals surface area contributed by atoms with Gasteiger partial charge in [-0.15, -0.1) is 0 Å². The fourth-order valence-corrected chi connectivity index (χ4v) is 1.71. The molecule has 0 aliphatic carbocycles. The molecule has 0 spiro atoms. The van der Waals surface area contributed by atoms with Crippen LogP contribution in [0, 0.1) is 5.92 Å². The zero-order chi connectivity index (χ0) is 11.1. The van der Waals surface area contributed by atoms with Crippen molar-refractivity contribution in [2.75, 3.05) is 6.61 Å². The van der Waals surface area contributed by atoms with Crippen molar-refractivity contribution < 1.29 is 19.0 Å². The van der Waals surface area contributed by atoms with E-state index in [1.807, 2.05) is 32.9 Å². The molecule has 15 heavy (non-hydrogen) atoms. The van der Waals surface area contributed by atoms with E-state index in [0.29, 0.717) is 6.61 Å². The van der Waals surface area contributed by atoms with Crippen LogP contribution in [0.2, 0.25) is 0 Å². The third-order valence-corrected chi connectivity index (χ3v) is 2.61. The van der Waals surface area contributed by atoms with Crippen molar-refractivity contribution in [1.82, 2.24) is 0 Å². The van der Waals surface area contributed by atoms with Gasteiger partial charge in [0, 0.05) is 0 Å². The van der Waals surface area contributed by atoms with E-state index in [4.69, 9.17) is 14.2 Å². The van der Waals surface area contributed by atoms with Gasteiger partial charge >= 0.3 is 5.97 Å². The number of esters is 1. The maximum Gasteiger partial charge on any atom is 0.313 e. The van der Waals surface area contributed by atoms with Crippen molar-refractivity contribution in [1.29, 1.82) is 0 Å². The highest BCUT2D eigenvalue weighted by Crippen LogP contribution is 2.27. The maximum atomic E-state index is 11.4. The molecule has 0 aromatic carbocycles. The summed E-state index contributed by atoms with van der Waals surface area (Å²) in [6, 6.07) is 0. The molecule has 1 saturated heterocycles. The number of carbonyl (C=O) groups excluding carboxylic acids is 1. The molecule has 0 aromatic rings. The molecule has 0 N–H and O–H groups in total. The third-order valence-electron chi connectivity index (χ3n) is 2.61. The molecule has 0 aromatic heterocycles. The first-order chi connectivity index (χ1) is 6.98. The lowest BCUT2D eigenvalue weighted by atomic mass is 10.1. The standard InChI is InChI=1S/C11H16O4/c1-7-4-5-8(14-10(7)12)9-6-13-11(2,3)15-9/h4-5,7-9H,6H2,1-3H3/t7?,8?,9-/m0/s1. The summed E-state index contributed by atoms with van der Waals surface area (Å²) in [5.74, 6) is -0.930. The normalized spacial score (nSPS) is 39.1. The number of carbonyl (C=O) groups is 1. The quantitative estimate of drug-likeness (QED) is 0.485. The summed E-state index contributed by atoms with van der Waals surface area (Å²) in [5.41, 5.74) is 0. The summed E-state index contributed by atoms with van der Waals surface area (Å²) in [5, 5.41) is 0. The fourth-order valence-electron chi connectivity index (χ4n) is 1.71. The number of rotatable bonds is 1. The Bertz CT molecular complexity index is 295. The Balaban J connectivity index is 2.02. The summed E-state index contributed by atoms with van der Waals surface area (Å²) in [6.07, 6.45) is 3.23. The van der Waals surface area contributed by atoms with Gasteiger partial charge in [-0.05, 0) is 26.8 Å². The Hall–Kier alpha value is -0.870. The highest BCUT2D eigenvalue weighted by molar-refractivity contribution is 5.75. The van der Waals surface area contributed by atoms with Crippen molar-refractivity contribution in [2.45, 2.75) is 38.8 Å². The smallest absolute Gasteiger partial charge is 0.313 e. The van der Waals surface area contributed by atoms with Gasteiger partial charge in [0.05, 0.1) is 12.5 Å². The van der Waals surface area contributed by atoms with Crippen LogP contribution >= 0.6 is 0 Å². The number of hydrogen-bond acceptors (Lipinski definition) is 4. The van der Waals surface area contributed by atoms with E-state index in [9.17, 15) is 4.79 Å². The summed E-state index contributed by atoms with van der Waals surface area (Å²) in [7, 11) is 0. The molecule has 1 fully saturated rings. The second kappa shape index (κ2) is 3.61. The van der Waals surface area contributed by atoms with Crippen LogP contribution in [-0.2, 0) is 19.0 Å². The minimum Gasteiger partial charge on any atom is -0.455 e. The Morgan fingerprint density at radius 1 is 1.40 bits per heavy atom. The van der Waals surface area contributed by atoms with Crippen LogP contribution < -0.4 is 0 Å². The molecule has 2 rings (SSSR count). The van der Waals surface area contributed by atoms with Crippen molar-refractivity contribution in [3.05, 3.63) is 12.2 Å². The third kappa shape index (κ3) is 2.21. The molecule has 4 nitrogen and oxygen atoms in total. The average Bonchev–Trinajstić information content (AvgIpc) is 2.51. The first kappa shape index (κ1) is 10.6. The molecule has 84 valence electrons. The molecule has 4 heteroatoms. The van der Waals surface area contributed by atoms with Crippen LogP contribution in [0.25, 0.3) is 0 Å². The second-order valence-electron chi connectivity index (χ2n) is 4.44. The molecule has 2 heterocycles. The van der Waals surface area contributed by atoms with Crippen LogP contribution in [0.15, 0.2) is 12.2 Å². The molecule has 0 saturated carbocycles. The zero-order valence-corrected chi connectivity index (χ0v) is 9.23. The van der Waals surface area contributed by atoms with Gasteiger partial charge in [-0.1, -0.05) is 6.08 Å². The topological polar surface area (TPSA) is 44.8 Å². The molecule has 3 atom stereocenters. The van der Waals surface area contributed by atoms with Crippen molar-refractivity contribution in [3.8, 4) is 0 Å². The summed E-state index contributed by atoms with van der Waals surface area (Å²) >= 11 is 0. The largest absolute Gasteiger partial charge is 0.455 e. The first-order valence-electron chi connectivity index (χ1n) is 5.18. The van der Waals surface area contributed by atoms with E-state index in [0.717, 1.165) is 0 Å². The molecule has 2 unspecified atom stereocenters. The zero-order valence-electron chi connectivity index (χ0n) is 9.23. The molecule has 0 radical (unpaired) electrons. The van der Waals surface area contributed by atoms with E-state index in [2.05, 4.69) is 0 Å². The van der Waals surface area contributed by atoms with E-state index in [1.54, 1.807) is 0 Å². The predicted octanol–water partition coefficient (Wildman–Crippen LogP) is 1.26. The van der Waals surface area contributed by atoms with Gasteiger partial charge in [-0.3, -0.25) is 4.79 Å². The van der Waals surface area contributed by atoms with Crippen LogP contribution in [0.1, 0.15) is 20.8 Å². The highest BCUT2D eigenvalue weighted by Gasteiger charge is 2.39. The maximum absolute atomic E-state index is 11.4. The molecule has 2 aliphatic rings. The summed E-state index contributed by atoms with van der Waals surface area (Å²) < 4.78 is 16.3. The summed E-state index contributed by atoms with van der Waals surface area (Å²) in [4.78, 5) is 11.4. The highest BCUT2D eigenvalue weighted by atomic mass is 16.7. The SMILES string of the molecule is CC1C=CC([C@@H]2COC(C)(C)O2)OC1=O. The van der Waals surface area contributed by atoms with Crippen LogP contribution in [0.3, 0.4) is 0 Å². The second-order valence-corrected chi connectivity index (χ2v) is 4.44. The first-order valence-corrected chi connectivity index (χ1v) is 5.18. The minimum atomic E-state index is -0.575. The van der Waals surface area contributed by atoms with Gasteiger partial charge in [-0.2, -0.15) is 0 Å². The van der Waals surface area contributed by atoms with Crippen molar-refractivity contribution in [2.24, 2.45) is 5.92 Å². The average molecular weight is 212 g/mol. The molecular weight excluding hydrogens is 196 g/mol. The van der Waals surface area contributed by atoms with E-state index < -0.39 is 5.79 Å². The Kier molecular flexibility index (Phi) is 2.56. The predicted molar refractivity (Wildman–Crippen MR) is 53.1 cm³/mol. The van der Waals surface area contributed by atoms with Crippen molar-refractivity contribution in [3.63, 3.8) is 0 Å². The molecular formula is C11H16O4. The van der Waals surface area contributed by atoms with Gasteiger partial charge in [0.25, 0.3) is 0 Å². The monoisotopic (exact) mass is 212 g/mol. The number of ether oxygens (including phenoxy) is 3. The minimum absolute atomic E-state index is 0.156.